The van der Waals surface area contributed by atoms with E-state index in [1.54, 1.807) is 11.3 Å². The van der Waals surface area contributed by atoms with Crippen LogP contribution in [0.2, 0.25) is 0 Å². The molecule has 0 saturated heterocycles. The number of quaternary nitrogens is 1. The molecule has 1 amide bonds. The molecule has 4 rings (SSSR count). The number of nitrogens with one attached hydrogen (secondary N) is 2. The van der Waals surface area contributed by atoms with E-state index in [1.165, 1.54) is 10.1 Å². The molecule has 130 valence electrons. The number of carbonyl (C=O) groups excluding carboxylic acids is 1. The standard InChI is InChI=1S/C21H19N3OS/c1-24(14-21-23-18-8-4-5-9-19(18)26-21)13-20(25)22-17-11-10-15-6-2-3-7-16(15)12-17/h2-12H,13-14H2,1H3,(H,22,25)/p+1. The molecule has 1 unspecified atom stereocenters. The zero-order chi connectivity index (χ0) is 17.9. The highest BCUT2D eigenvalue weighted by Gasteiger charge is 2.13. The van der Waals surface area contributed by atoms with Crippen molar-refractivity contribution in [3.63, 3.8) is 0 Å². The Bertz CT molecular complexity index is 1040. The van der Waals surface area contributed by atoms with Gasteiger partial charge in [-0.15, -0.1) is 11.3 Å². The molecule has 3 aromatic carbocycles. The number of thiazole rings is 1. The van der Waals surface area contributed by atoms with Crippen LogP contribution in [0.25, 0.3) is 21.0 Å². The van der Waals surface area contributed by atoms with E-state index in [0.717, 1.165) is 33.0 Å². The molecule has 1 atom stereocenters. The van der Waals surface area contributed by atoms with Gasteiger partial charge in [0.2, 0.25) is 0 Å². The number of fused-ring (bicyclic) bond motifs is 2. The minimum Gasteiger partial charge on any atom is -0.324 e. The molecule has 0 aliphatic carbocycles. The van der Waals surface area contributed by atoms with E-state index in [1.807, 2.05) is 55.6 Å². The highest BCUT2D eigenvalue weighted by molar-refractivity contribution is 7.18. The van der Waals surface area contributed by atoms with Crippen LogP contribution in [0.5, 0.6) is 0 Å². The quantitative estimate of drug-likeness (QED) is 0.573. The Morgan fingerprint density at radius 2 is 1.81 bits per heavy atom. The van der Waals surface area contributed by atoms with Gasteiger partial charge in [-0.2, -0.15) is 0 Å². The van der Waals surface area contributed by atoms with Gasteiger partial charge in [0.1, 0.15) is 11.6 Å². The molecule has 0 aliphatic heterocycles. The molecule has 5 heteroatoms. The summed E-state index contributed by atoms with van der Waals surface area (Å²) in [6.07, 6.45) is 0. The minimum absolute atomic E-state index is 0.0129. The fraction of sp³-hybridized carbons (Fsp3) is 0.143. The summed E-state index contributed by atoms with van der Waals surface area (Å²) in [6.45, 7) is 1.15. The molecule has 0 aliphatic rings. The number of anilines is 1. The highest BCUT2D eigenvalue weighted by Crippen LogP contribution is 2.21. The van der Waals surface area contributed by atoms with Gasteiger partial charge in [-0.3, -0.25) is 4.79 Å². The normalized spacial score (nSPS) is 12.3. The lowest BCUT2D eigenvalue weighted by Gasteiger charge is -2.12. The van der Waals surface area contributed by atoms with Gasteiger partial charge < -0.3 is 10.2 Å². The summed E-state index contributed by atoms with van der Waals surface area (Å²) < 4.78 is 1.19. The lowest BCUT2D eigenvalue weighted by molar-refractivity contribution is -0.885. The van der Waals surface area contributed by atoms with Gasteiger partial charge in [0.15, 0.2) is 6.54 Å². The van der Waals surface area contributed by atoms with Gasteiger partial charge in [0, 0.05) is 5.69 Å². The van der Waals surface area contributed by atoms with Gasteiger partial charge in [-0.25, -0.2) is 4.98 Å². The van der Waals surface area contributed by atoms with E-state index in [-0.39, 0.29) is 5.91 Å². The van der Waals surface area contributed by atoms with Gasteiger partial charge in [-0.05, 0) is 35.0 Å². The molecule has 1 aromatic heterocycles. The maximum atomic E-state index is 12.4. The lowest BCUT2D eigenvalue weighted by Crippen LogP contribution is -3.08. The van der Waals surface area contributed by atoms with Crippen molar-refractivity contribution < 1.29 is 9.69 Å². The predicted molar refractivity (Wildman–Crippen MR) is 108 cm³/mol. The number of nitrogens with zero attached hydrogens (tertiary/aromatic N) is 1. The topological polar surface area (TPSA) is 46.4 Å². The molecule has 0 fully saturated rings. The zero-order valence-corrected chi connectivity index (χ0v) is 15.3. The molecule has 0 radical (unpaired) electrons. The summed E-state index contributed by atoms with van der Waals surface area (Å²) in [5.74, 6) is 0.0129. The number of carbonyl (C=O) groups is 1. The Kier molecular flexibility index (Phi) is 4.65. The number of amides is 1. The van der Waals surface area contributed by atoms with Crippen LogP contribution in [0.15, 0.2) is 66.7 Å². The number of likely N-dealkylation sites (N-methyl/N-ethyl adjacent to an activating group) is 1. The molecular formula is C21H20N3OS+. The fourth-order valence-electron chi connectivity index (χ4n) is 3.06. The zero-order valence-electron chi connectivity index (χ0n) is 14.5. The van der Waals surface area contributed by atoms with Crippen molar-refractivity contribution in [3.05, 3.63) is 71.7 Å². The van der Waals surface area contributed by atoms with Crippen LogP contribution in [-0.4, -0.2) is 24.5 Å². The fourth-order valence-corrected chi connectivity index (χ4v) is 4.14. The van der Waals surface area contributed by atoms with E-state index in [2.05, 4.69) is 28.5 Å². The van der Waals surface area contributed by atoms with Crippen molar-refractivity contribution in [2.75, 3.05) is 18.9 Å². The van der Waals surface area contributed by atoms with Crippen LogP contribution in [0.3, 0.4) is 0 Å². The first-order chi connectivity index (χ1) is 12.7. The number of benzene rings is 3. The molecule has 1 heterocycles. The van der Waals surface area contributed by atoms with Gasteiger partial charge >= 0.3 is 0 Å². The van der Waals surface area contributed by atoms with Crippen LogP contribution >= 0.6 is 11.3 Å². The van der Waals surface area contributed by atoms with Crippen molar-refractivity contribution in [1.82, 2.24) is 4.98 Å². The molecule has 26 heavy (non-hydrogen) atoms. The van der Waals surface area contributed by atoms with Crippen LogP contribution in [0.1, 0.15) is 5.01 Å². The average molecular weight is 362 g/mol. The number of rotatable bonds is 5. The number of hydrogen-bond acceptors (Lipinski definition) is 3. The monoisotopic (exact) mass is 362 g/mol. The van der Waals surface area contributed by atoms with Crippen molar-refractivity contribution in [1.29, 1.82) is 0 Å². The van der Waals surface area contributed by atoms with Crippen LogP contribution < -0.4 is 10.2 Å². The third-order valence-corrected chi connectivity index (χ3v) is 5.32. The Morgan fingerprint density at radius 1 is 1.04 bits per heavy atom. The third-order valence-electron chi connectivity index (χ3n) is 4.29. The first kappa shape index (κ1) is 16.7. The Balaban J connectivity index is 1.38. The van der Waals surface area contributed by atoms with E-state index in [9.17, 15) is 4.79 Å². The Morgan fingerprint density at radius 3 is 2.65 bits per heavy atom. The van der Waals surface area contributed by atoms with Crippen molar-refractivity contribution >= 4 is 43.9 Å². The summed E-state index contributed by atoms with van der Waals surface area (Å²) >= 11 is 1.69. The van der Waals surface area contributed by atoms with Gasteiger partial charge in [0.05, 0.1) is 17.3 Å². The number of para-hydroxylation sites is 1. The van der Waals surface area contributed by atoms with Crippen molar-refractivity contribution in [2.45, 2.75) is 6.54 Å². The lowest BCUT2D eigenvalue weighted by atomic mass is 10.1. The second-order valence-corrected chi connectivity index (χ2v) is 7.61. The molecule has 2 N–H and O–H groups in total. The summed E-state index contributed by atoms with van der Waals surface area (Å²) in [5.41, 5.74) is 1.86. The molecule has 4 aromatic rings. The van der Waals surface area contributed by atoms with Crippen LogP contribution in [0.4, 0.5) is 5.69 Å². The smallest absolute Gasteiger partial charge is 0.279 e. The van der Waals surface area contributed by atoms with E-state index in [0.29, 0.717) is 6.54 Å². The van der Waals surface area contributed by atoms with Crippen molar-refractivity contribution in [2.24, 2.45) is 0 Å². The number of hydrogen-bond donors (Lipinski definition) is 2. The maximum absolute atomic E-state index is 12.4. The first-order valence-electron chi connectivity index (χ1n) is 8.62. The summed E-state index contributed by atoms with van der Waals surface area (Å²) in [5, 5.41) is 6.35. The molecular weight excluding hydrogens is 342 g/mol. The van der Waals surface area contributed by atoms with E-state index >= 15 is 0 Å². The second kappa shape index (κ2) is 7.23. The predicted octanol–water partition coefficient (Wildman–Crippen LogP) is 3.10. The van der Waals surface area contributed by atoms with E-state index in [4.69, 9.17) is 0 Å². The first-order valence-corrected chi connectivity index (χ1v) is 9.43. The molecule has 0 saturated carbocycles. The largest absolute Gasteiger partial charge is 0.324 e. The van der Waals surface area contributed by atoms with E-state index < -0.39 is 0 Å². The summed E-state index contributed by atoms with van der Waals surface area (Å²) in [4.78, 5) is 18.1. The maximum Gasteiger partial charge on any atom is 0.279 e. The molecule has 0 bridgehead atoms. The minimum atomic E-state index is 0.0129. The SMILES string of the molecule is C[NH+](CC(=O)Nc1ccc2ccccc2c1)Cc1nc2ccccc2s1. The number of aromatic nitrogens is 1. The van der Waals surface area contributed by atoms with Crippen LogP contribution in [0, 0.1) is 0 Å². The average Bonchev–Trinajstić information content (AvgIpc) is 3.03. The summed E-state index contributed by atoms with van der Waals surface area (Å²) in [6, 6.07) is 22.3. The Hall–Kier alpha value is -2.76. The second-order valence-electron chi connectivity index (χ2n) is 6.50. The molecule has 4 nitrogen and oxygen atoms in total. The van der Waals surface area contributed by atoms with Gasteiger partial charge in [0.25, 0.3) is 5.91 Å². The third kappa shape index (κ3) is 3.74. The summed E-state index contributed by atoms with van der Waals surface area (Å²) in [7, 11) is 2.02. The Labute approximate surface area is 156 Å². The van der Waals surface area contributed by atoms with Gasteiger partial charge in [-0.1, -0.05) is 42.5 Å². The van der Waals surface area contributed by atoms with Crippen molar-refractivity contribution in [3.8, 4) is 0 Å². The molecule has 0 spiro atoms. The van der Waals surface area contributed by atoms with Crippen LogP contribution in [-0.2, 0) is 11.3 Å². The highest BCUT2D eigenvalue weighted by atomic mass is 32.1.